The first kappa shape index (κ1) is 12.9. The summed E-state index contributed by atoms with van der Waals surface area (Å²) < 4.78 is 5.46. The van der Waals surface area contributed by atoms with E-state index >= 15 is 0 Å². The van der Waals surface area contributed by atoms with Gasteiger partial charge in [0.2, 0.25) is 0 Å². The number of ether oxygens (including phenoxy) is 1. The Hall–Kier alpha value is -1.59. The highest BCUT2D eigenvalue weighted by Gasteiger charge is 2.15. The molecule has 0 aliphatic rings. The molecule has 0 aliphatic carbocycles. The fourth-order valence-corrected chi connectivity index (χ4v) is 2.30. The number of carbonyl (C=O) groups is 1. The molecule has 0 aliphatic heterocycles. The molecule has 1 aromatic heterocycles. The molecule has 0 radical (unpaired) electrons. The van der Waals surface area contributed by atoms with E-state index in [1.165, 1.54) is 17.4 Å². The first-order chi connectivity index (χ1) is 8.58. The smallest absolute Gasteiger partial charge is 0.341 e. The van der Waals surface area contributed by atoms with Crippen LogP contribution in [0.25, 0.3) is 0 Å². The molecule has 0 unspecified atom stereocenters. The maximum Gasteiger partial charge on any atom is 0.341 e. The van der Waals surface area contributed by atoms with E-state index in [-0.39, 0.29) is 22.9 Å². The van der Waals surface area contributed by atoms with Gasteiger partial charge in [0.05, 0.1) is 15.7 Å². The lowest BCUT2D eigenvalue weighted by Gasteiger charge is -2.08. The fraction of sp³-hybridized carbons (Fsp3) is 0.167. The minimum absolute atomic E-state index is 0.0221. The second-order valence-corrected chi connectivity index (χ2v) is 5.03. The van der Waals surface area contributed by atoms with Gasteiger partial charge in [-0.1, -0.05) is 17.7 Å². The van der Waals surface area contributed by atoms with Crippen LogP contribution in [-0.4, -0.2) is 16.1 Å². The predicted molar refractivity (Wildman–Crippen MR) is 69.6 cm³/mol. The molecule has 0 saturated carbocycles. The summed E-state index contributed by atoms with van der Waals surface area (Å²) >= 11 is 7.36. The second-order valence-electron chi connectivity index (χ2n) is 3.56. The highest BCUT2D eigenvalue weighted by Crippen LogP contribution is 2.27. The van der Waals surface area contributed by atoms with Crippen molar-refractivity contribution in [3.8, 4) is 5.75 Å². The van der Waals surface area contributed by atoms with Crippen molar-refractivity contribution in [1.29, 1.82) is 0 Å². The number of carboxylic acid groups (broad SMARTS) is 1. The Balaban J connectivity index is 2.19. The maximum absolute atomic E-state index is 11.1. The normalized spacial score (nSPS) is 10.3. The highest BCUT2D eigenvalue weighted by molar-refractivity contribution is 7.09. The Labute approximate surface area is 113 Å². The lowest BCUT2D eigenvalue weighted by molar-refractivity contribution is 0.0692. The molecule has 94 valence electrons. The minimum atomic E-state index is -1.11. The summed E-state index contributed by atoms with van der Waals surface area (Å²) in [6, 6.07) is 4.75. The molecule has 2 aromatic rings. The maximum atomic E-state index is 11.1. The number of halogens is 1. The average Bonchev–Trinajstić information content (AvgIpc) is 2.72. The van der Waals surface area contributed by atoms with Crippen molar-refractivity contribution in [2.75, 3.05) is 0 Å². The van der Waals surface area contributed by atoms with Gasteiger partial charge < -0.3 is 9.84 Å². The number of carboxylic acids is 1. The van der Waals surface area contributed by atoms with E-state index in [9.17, 15) is 4.79 Å². The molecular formula is C12H10ClNO3S. The standard InChI is InChI=1S/C12H10ClNO3S/c1-7-14-8(6-18-7)5-17-10-4-2-3-9(13)11(10)12(15)16/h2-4,6H,5H2,1H3,(H,15,16). The molecule has 0 bridgehead atoms. The highest BCUT2D eigenvalue weighted by atomic mass is 35.5. The van der Waals surface area contributed by atoms with E-state index in [1.807, 2.05) is 12.3 Å². The molecule has 0 fully saturated rings. The van der Waals surface area contributed by atoms with Gasteiger partial charge in [-0.15, -0.1) is 11.3 Å². The molecule has 1 N–H and O–H groups in total. The van der Waals surface area contributed by atoms with E-state index in [4.69, 9.17) is 21.4 Å². The van der Waals surface area contributed by atoms with Gasteiger partial charge in [0.1, 0.15) is 17.9 Å². The summed E-state index contributed by atoms with van der Waals surface area (Å²) in [5.74, 6) is -0.856. The Bertz CT molecular complexity index is 582. The van der Waals surface area contributed by atoms with E-state index < -0.39 is 5.97 Å². The van der Waals surface area contributed by atoms with E-state index in [0.717, 1.165) is 10.7 Å². The van der Waals surface area contributed by atoms with Crippen LogP contribution in [0, 0.1) is 6.92 Å². The number of nitrogens with zero attached hydrogens (tertiary/aromatic N) is 1. The zero-order valence-electron chi connectivity index (χ0n) is 9.51. The van der Waals surface area contributed by atoms with Crippen molar-refractivity contribution < 1.29 is 14.6 Å². The summed E-state index contributed by atoms with van der Waals surface area (Å²) in [7, 11) is 0. The van der Waals surface area contributed by atoms with Gasteiger partial charge in [-0.3, -0.25) is 0 Å². The first-order valence-corrected chi connectivity index (χ1v) is 6.39. The monoisotopic (exact) mass is 283 g/mol. The summed E-state index contributed by atoms with van der Waals surface area (Å²) in [4.78, 5) is 15.3. The minimum Gasteiger partial charge on any atom is -0.486 e. The van der Waals surface area contributed by atoms with Crippen molar-refractivity contribution in [3.63, 3.8) is 0 Å². The molecule has 0 atom stereocenters. The van der Waals surface area contributed by atoms with Gasteiger partial charge in [-0.2, -0.15) is 0 Å². The Morgan fingerprint density at radius 1 is 1.56 bits per heavy atom. The molecule has 6 heteroatoms. The fourth-order valence-electron chi connectivity index (χ4n) is 1.46. The van der Waals surface area contributed by atoms with Crippen LogP contribution in [0.3, 0.4) is 0 Å². The van der Waals surface area contributed by atoms with Crippen LogP contribution in [0.5, 0.6) is 5.75 Å². The van der Waals surface area contributed by atoms with Gasteiger partial charge in [0.25, 0.3) is 0 Å². The number of rotatable bonds is 4. The number of aromatic nitrogens is 1. The molecule has 4 nitrogen and oxygen atoms in total. The third-order valence-electron chi connectivity index (χ3n) is 2.23. The number of hydrogen-bond acceptors (Lipinski definition) is 4. The first-order valence-electron chi connectivity index (χ1n) is 5.13. The molecular weight excluding hydrogens is 274 g/mol. The van der Waals surface area contributed by atoms with E-state index in [1.54, 1.807) is 12.1 Å². The van der Waals surface area contributed by atoms with Crippen LogP contribution >= 0.6 is 22.9 Å². The predicted octanol–water partition coefficient (Wildman–Crippen LogP) is 3.38. The topological polar surface area (TPSA) is 59.4 Å². The third kappa shape index (κ3) is 2.80. The average molecular weight is 284 g/mol. The molecule has 0 saturated heterocycles. The Morgan fingerprint density at radius 3 is 2.94 bits per heavy atom. The van der Waals surface area contributed by atoms with Gasteiger partial charge >= 0.3 is 5.97 Å². The molecule has 0 amide bonds. The van der Waals surface area contributed by atoms with Gasteiger partial charge in [0.15, 0.2) is 0 Å². The summed E-state index contributed by atoms with van der Waals surface area (Å²) in [6.45, 7) is 2.13. The molecule has 0 spiro atoms. The number of aryl methyl sites for hydroxylation is 1. The zero-order valence-corrected chi connectivity index (χ0v) is 11.1. The number of aromatic carboxylic acids is 1. The van der Waals surface area contributed by atoms with Crippen molar-refractivity contribution >= 4 is 28.9 Å². The summed E-state index contributed by atoms with van der Waals surface area (Å²) in [6.07, 6.45) is 0. The third-order valence-corrected chi connectivity index (χ3v) is 3.37. The van der Waals surface area contributed by atoms with Gasteiger partial charge in [-0.25, -0.2) is 9.78 Å². The zero-order chi connectivity index (χ0) is 13.1. The van der Waals surface area contributed by atoms with Crippen LogP contribution in [0.15, 0.2) is 23.6 Å². The lowest BCUT2D eigenvalue weighted by atomic mass is 10.2. The van der Waals surface area contributed by atoms with Crippen molar-refractivity contribution in [2.45, 2.75) is 13.5 Å². The Morgan fingerprint density at radius 2 is 2.33 bits per heavy atom. The Kier molecular flexibility index (Phi) is 3.84. The second kappa shape index (κ2) is 5.37. The molecule has 1 heterocycles. The van der Waals surface area contributed by atoms with Crippen LogP contribution in [-0.2, 0) is 6.61 Å². The van der Waals surface area contributed by atoms with Crippen LogP contribution in [0.2, 0.25) is 5.02 Å². The molecule has 2 rings (SSSR count). The lowest BCUT2D eigenvalue weighted by Crippen LogP contribution is -2.04. The largest absolute Gasteiger partial charge is 0.486 e. The molecule has 18 heavy (non-hydrogen) atoms. The number of benzene rings is 1. The number of hydrogen-bond donors (Lipinski definition) is 1. The van der Waals surface area contributed by atoms with E-state index in [0.29, 0.717) is 0 Å². The van der Waals surface area contributed by atoms with Crippen molar-refractivity contribution in [3.05, 3.63) is 44.9 Å². The van der Waals surface area contributed by atoms with Gasteiger partial charge in [-0.05, 0) is 19.1 Å². The van der Waals surface area contributed by atoms with E-state index in [2.05, 4.69) is 4.98 Å². The SMILES string of the molecule is Cc1nc(COc2cccc(Cl)c2C(=O)O)cs1. The quantitative estimate of drug-likeness (QED) is 0.934. The number of thiazole rings is 1. The van der Waals surface area contributed by atoms with Crippen LogP contribution in [0.1, 0.15) is 21.1 Å². The van der Waals surface area contributed by atoms with Crippen LogP contribution in [0.4, 0.5) is 0 Å². The van der Waals surface area contributed by atoms with Crippen molar-refractivity contribution in [1.82, 2.24) is 4.98 Å². The van der Waals surface area contributed by atoms with Crippen LogP contribution < -0.4 is 4.74 Å². The summed E-state index contributed by atoms with van der Waals surface area (Å²) in [5, 5.41) is 12.0. The molecule has 1 aromatic carbocycles. The summed E-state index contributed by atoms with van der Waals surface area (Å²) in [5.41, 5.74) is 0.750. The van der Waals surface area contributed by atoms with Gasteiger partial charge in [0, 0.05) is 5.38 Å². The van der Waals surface area contributed by atoms with Crippen molar-refractivity contribution in [2.24, 2.45) is 0 Å².